The highest BCUT2D eigenvalue weighted by atomic mass is 35.5. The van der Waals surface area contributed by atoms with Crippen molar-refractivity contribution in [2.75, 3.05) is 0 Å². The van der Waals surface area contributed by atoms with Crippen LogP contribution < -0.4 is 5.32 Å². The van der Waals surface area contributed by atoms with Gasteiger partial charge in [-0.15, -0.1) is 0 Å². The molecule has 0 bridgehead atoms. The lowest BCUT2D eigenvalue weighted by atomic mass is 9.87. The van der Waals surface area contributed by atoms with E-state index in [2.05, 4.69) is 24.1 Å². The Morgan fingerprint density at radius 2 is 1.59 bits per heavy atom. The highest BCUT2D eigenvalue weighted by Gasteiger charge is 2.25. The van der Waals surface area contributed by atoms with Crippen molar-refractivity contribution in [2.24, 2.45) is 5.92 Å². The zero-order valence-electron chi connectivity index (χ0n) is 13.1. The average Bonchev–Trinajstić information content (AvgIpc) is 2.50. The lowest BCUT2D eigenvalue weighted by molar-refractivity contribution is -0.124. The summed E-state index contributed by atoms with van der Waals surface area (Å²) in [6, 6.07) is 11.3. The number of benzene rings is 1. The van der Waals surface area contributed by atoms with Crippen molar-refractivity contribution in [3.8, 4) is 0 Å². The Balaban J connectivity index is 2.15. The number of halogens is 1. The summed E-state index contributed by atoms with van der Waals surface area (Å²) in [5.74, 6) is 0.0361. The molecule has 22 heavy (non-hydrogen) atoms. The van der Waals surface area contributed by atoms with Crippen LogP contribution >= 0.6 is 11.6 Å². The number of pyridine rings is 1. The quantitative estimate of drug-likeness (QED) is 0.891. The largest absolute Gasteiger partial charge is 0.349 e. The Labute approximate surface area is 136 Å². The number of aromatic nitrogens is 1. The highest BCUT2D eigenvalue weighted by molar-refractivity contribution is 6.30. The molecule has 1 heterocycles. The lowest BCUT2D eigenvalue weighted by Gasteiger charge is -2.23. The molecule has 1 N–H and O–H groups in total. The number of hydrogen-bond donors (Lipinski definition) is 1. The molecular formula is C18H21ClN2O. The zero-order chi connectivity index (χ0) is 16.1. The standard InChI is InChI=1S/C18H21ClN2O/c1-12(2)17(15-4-6-16(19)7-5-15)18(22)21-13(3)14-8-10-20-11-9-14/h4-13,17H,1-3H3,(H,21,22)/t13-,17+/m1/s1. The molecule has 3 nitrogen and oxygen atoms in total. The first kappa shape index (κ1) is 16.5. The summed E-state index contributed by atoms with van der Waals surface area (Å²) >= 11 is 5.93. The Hall–Kier alpha value is -1.87. The maximum Gasteiger partial charge on any atom is 0.228 e. The highest BCUT2D eigenvalue weighted by Crippen LogP contribution is 2.27. The number of amides is 1. The van der Waals surface area contributed by atoms with Crippen molar-refractivity contribution < 1.29 is 4.79 Å². The van der Waals surface area contributed by atoms with Gasteiger partial charge in [0.15, 0.2) is 0 Å². The Morgan fingerprint density at radius 1 is 1.00 bits per heavy atom. The van der Waals surface area contributed by atoms with E-state index in [1.54, 1.807) is 12.4 Å². The van der Waals surface area contributed by atoms with Gasteiger partial charge in [-0.25, -0.2) is 0 Å². The molecule has 0 aliphatic heterocycles. The van der Waals surface area contributed by atoms with Gasteiger partial charge in [-0.2, -0.15) is 0 Å². The monoisotopic (exact) mass is 316 g/mol. The molecule has 0 radical (unpaired) electrons. The van der Waals surface area contributed by atoms with E-state index in [1.807, 2.05) is 43.3 Å². The molecule has 0 saturated carbocycles. The second-order valence-electron chi connectivity index (χ2n) is 5.78. The molecule has 4 heteroatoms. The molecule has 0 spiro atoms. The average molecular weight is 317 g/mol. The van der Waals surface area contributed by atoms with E-state index in [4.69, 9.17) is 11.6 Å². The van der Waals surface area contributed by atoms with Crippen molar-refractivity contribution >= 4 is 17.5 Å². The Kier molecular flexibility index (Phi) is 5.56. The summed E-state index contributed by atoms with van der Waals surface area (Å²) in [6.45, 7) is 6.08. The van der Waals surface area contributed by atoms with E-state index in [-0.39, 0.29) is 23.8 Å². The lowest BCUT2D eigenvalue weighted by Crippen LogP contribution is -2.34. The fraction of sp³-hybridized carbons (Fsp3) is 0.333. The van der Waals surface area contributed by atoms with Crippen LogP contribution in [-0.4, -0.2) is 10.9 Å². The van der Waals surface area contributed by atoms with Gasteiger partial charge >= 0.3 is 0 Å². The molecule has 0 unspecified atom stereocenters. The van der Waals surface area contributed by atoms with Crippen LogP contribution in [-0.2, 0) is 4.79 Å². The number of hydrogen-bond acceptors (Lipinski definition) is 2. The normalized spacial score (nSPS) is 13.7. The van der Waals surface area contributed by atoms with Crippen molar-refractivity contribution in [1.82, 2.24) is 10.3 Å². The number of nitrogens with one attached hydrogen (secondary N) is 1. The molecule has 1 aromatic heterocycles. The third kappa shape index (κ3) is 4.08. The predicted molar refractivity (Wildman–Crippen MR) is 89.8 cm³/mol. The molecule has 1 amide bonds. The first-order chi connectivity index (χ1) is 10.5. The number of carbonyl (C=O) groups is 1. The van der Waals surface area contributed by atoms with E-state index in [1.165, 1.54) is 0 Å². The molecular weight excluding hydrogens is 296 g/mol. The van der Waals surface area contributed by atoms with Gasteiger partial charge in [0.25, 0.3) is 0 Å². The van der Waals surface area contributed by atoms with Crippen molar-refractivity contribution in [2.45, 2.75) is 32.7 Å². The molecule has 116 valence electrons. The van der Waals surface area contributed by atoms with Gasteiger partial charge in [-0.3, -0.25) is 9.78 Å². The van der Waals surface area contributed by atoms with Crippen LogP contribution in [0.3, 0.4) is 0 Å². The van der Waals surface area contributed by atoms with E-state index >= 15 is 0 Å². The van der Waals surface area contributed by atoms with Crippen LogP contribution in [0.2, 0.25) is 5.02 Å². The second kappa shape index (κ2) is 7.41. The van der Waals surface area contributed by atoms with Crippen LogP contribution in [0.25, 0.3) is 0 Å². The molecule has 0 aliphatic carbocycles. The van der Waals surface area contributed by atoms with E-state index in [0.717, 1.165) is 11.1 Å². The van der Waals surface area contributed by atoms with Crippen molar-refractivity contribution in [3.05, 3.63) is 64.9 Å². The predicted octanol–water partition coefficient (Wildman–Crippen LogP) is 4.35. The maximum absolute atomic E-state index is 12.7. The van der Waals surface area contributed by atoms with Crippen LogP contribution in [0.4, 0.5) is 0 Å². The van der Waals surface area contributed by atoms with Crippen LogP contribution in [0.5, 0.6) is 0 Å². The zero-order valence-corrected chi connectivity index (χ0v) is 13.8. The third-order valence-electron chi connectivity index (χ3n) is 3.74. The fourth-order valence-corrected chi connectivity index (χ4v) is 2.67. The minimum atomic E-state index is -0.193. The van der Waals surface area contributed by atoms with Gasteiger partial charge in [0.1, 0.15) is 0 Å². The van der Waals surface area contributed by atoms with E-state index in [9.17, 15) is 4.79 Å². The van der Waals surface area contributed by atoms with Crippen LogP contribution in [0.1, 0.15) is 43.9 Å². The molecule has 1 aromatic carbocycles. The summed E-state index contributed by atoms with van der Waals surface area (Å²) in [4.78, 5) is 16.7. The topological polar surface area (TPSA) is 42.0 Å². The van der Waals surface area contributed by atoms with Gasteiger partial charge in [-0.1, -0.05) is 37.6 Å². The maximum atomic E-state index is 12.7. The molecule has 2 atom stereocenters. The fourth-order valence-electron chi connectivity index (χ4n) is 2.55. The van der Waals surface area contributed by atoms with Crippen molar-refractivity contribution in [1.29, 1.82) is 0 Å². The molecule has 0 aliphatic rings. The molecule has 0 saturated heterocycles. The summed E-state index contributed by atoms with van der Waals surface area (Å²) in [6.07, 6.45) is 3.47. The van der Waals surface area contributed by atoms with Gasteiger partial charge in [0.05, 0.1) is 12.0 Å². The second-order valence-corrected chi connectivity index (χ2v) is 6.22. The summed E-state index contributed by atoms with van der Waals surface area (Å²) in [5, 5.41) is 3.77. The third-order valence-corrected chi connectivity index (χ3v) is 4.00. The Morgan fingerprint density at radius 3 is 2.14 bits per heavy atom. The van der Waals surface area contributed by atoms with E-state index < -0.39 is 0 Å². The molecule has 0 fully saturated rings. The van der Waals surface area contributed by atoms with Crippen LogP contribution in [0, 0.1) is 5.92 Å². The number of nitrogens with zero attached hydrogens (tertiary/aromatic N) is 1. The SMILES string of the molecule is CC(C)[C@H](C(=O)N[C@H](C)c1ccncc1)c1ccc(Cl)cc1. The minimum absolute atomic E-state index is 0.0293. The van der Waals surface area contributed by atoms with Crippen LogP contribution in [0.15, 0.2) is 48.8 Å². The summed E-state index contributed by atoms with van der Waals surface area (Å²) < 4.78 is 0. The van der Waals surface area contributed by atoms with Gasteiger partial charge in [-0.05, 0) is 48.2 Å². The number of carbonyl (C=O) groups excluding carboxylic acids is 1. The molecule has 2 aromatic rings. The minimum Gasteiger partial charge on any atom is -0.349 e. The van der Waals surface area contributed by atoms with Crippen molar-refractivity contribution in [3.63, 3.8) is 0 Å². The smallest absolute Gasteiger partial charge is 0.228 e. The number of rotatable bonds is 5. The van der Waals surface area contributed by atoms with Gasteiger partial charge < -0.3 is 5.32 Å². The summed E-state index contributed by atoms with van der Waals surface area (Å²) in [5.41, 5.74) is 2.03. The first-order valence-electron chi connectivity index (χ1n) is 7.44. The van der Waals surface area contributed by atoms with E-state index in [0.29, 0.717) is 5.02 Å². The van der Waals surface area contributed by atoms with Gasteiger partial charge in [0, 0.05) is 17.4 Å². The summed E-state index contributed by atoms with van der Waals surface area (Å²) in [7, 11) is 0. The molecule has 2 rings (SSSR count). The first-order valence-corrected chi connectivity index (χ1v) is 7.82. The van der Waals surface area contributed by atoms with Gasteiger partial charge in [0.2, 0.25) is 5.91 Å². The Bertz CT molecular complexity index is 611.